The summed E-state index contributed by atoms with van der Waals surface area (Å²) in [7, 11) is 0. The van der Waals surface area contributed by atoms with Crippen LogP contribution in [0, 0.1) is 0 Å². The van der Waals surface area contributed by atoms with Crippen LogP contribution in [-0.4, -0.2) is 42.8 Å². The molecule has 0 aromatic carbocycles. The third kappa shape index (κ3) is 2.76. The summed E-state index contributed by atoms with van der Waals surface area (Å²) in [6, 6.07) is 0. The Labute approximate surface area is 112 Å². The van der Waals surface area contributed by atoms with Crippen LogP contribution in [0.4, 0.5) is 0 Å². The molecule has 106 valence electrons. The van der Waals surface area contributed by atoms with Gasteiger partial charge >= 0.3 is 5.69 Å². The molecule has 1 aromatic rings. The van der Waals surface area contributed by atoms with Crippen molar-refractivity contribution in [3.05, 3.63) is 32.6 Å². The Hall–Kier alpha value is -1.09. The molecular weight excluding hydrogens is 272 g/mol. The number of aliphatic hydroxyl groups excluding tert-OH is 3. The van der Waals surface area contributed by atoms with E-state index in [-0.39, 0.29) is 22.8 Å². The zero-order valence-corrected chi connectivity index (χ0v) is 11.1. The summed E-state index contributed by atoms with van der Waals surface area (Å²) in [4.78, 5) is 25.4. The van der Waals surface area contributed by atoms with Gasteiger partial charge in [0, 0.05) is 12.6 Å². The standard InChI is InChI=1S/C11H16N2O5S/c1-5(15)6-3-13(11(18)12-10(6)17)9-2-7(16)8(4-14)19-9/h3,5,7-9,14-16H,2,4H2,1H3,(H,12,17,18)/t5?,7-,8+,9+/m0/s1. The molecule has 1 unspecified atom stereocenters. The van der Waals surface area contributed by atoms with Gasteiger partial charge in [-0.15, -0.1) is 11.8 Å². The van der Waals surface area contributed by atoms with E-state index in [0.29, 0.717) is 6.42 Å². The first-order valence-electron chi connectivity index (χ1n) is 5.92. The van der Waals surface area contributed by atoms with E-state index < -0.39 is 23.5 Å². The van der Waals surface area contributed by atoms with Gasteiger partial charge in [0.25, 0.3) is 5.56 Å². The summed E-state index contributed by atoms with van der Waals surface area (Å²) in [5.74, 6) is 0. The van der Waals surface area contributed by atoms with Crippen molar-refractivity contribution < 1.29 is 15.3 Å². The minimum Gasteiger partial charge on any atom is -0.395 e. The highest BCUT2D eigenvalue weighted by Gasteiger charge is 2.35. The van der Waals surface area contributed by atoms with Crippen molar-refractivity contribution in [1.29, 1.82) is 0 Å². The van der Waals surface area contributed by atoms with E-state index in [9.17, 15) is 19.8 Å². The maximum Gasteiger partial charge on any atom is 0.329 e. The second-order valence-electron chi connectivity index (χ2n) is 4.54. The molecule has 4 atom stereocenters. The lowest BCUT2D eigenvalue weighted by molar-refractivity contribution is 0.137. The predicted octanol–water partition coefficient (Wildman–Crippen LogP) is -1.05. The average molecular weight is 288 g/mol. The topological polar surface area (TPSA) is 116 Å². The normalized spacial score (nSPS) is 28.5. The lowest BCUT2D eigenvalue weighted by Crippen LogP contribution is -2.33. The van der Waals surface area contributed by atoms with Crippen LogP contribution in [0.15, 0.2) is 15.8 Å². The van der Waals surface area contributed by atoms with Crippen molar-refractivity contribution in [2.75, 3.05) is 6.61 Å². The van der Waals surface area contributed by atoms with Gasteiger partial charge in [-0.25, -0.2) is 4.79 Å². The summed E-state index contributed by atoms with van der Waals surface area (Å²) in [6.45, 7) is 1.26. The number of thioether (sulfide) groups is 1. The van der Waals surface area contributed by atoms with Crippen LogP contribution in [0.1, 0.15) is 30.4 Å². The van der Waals surface area contributed by atoms with Crippen LogP contribution in [0.5, 0.6) is 0 Å². The predicted molar refractivity (Wildman–Crippen MR) is 70.1 cm³/mol. The molecule has 2 heterocycles. The SMILES string of the molecule is CC(O)c1cn([C@H]2C[C@H](O)[C@@H](CO)S2)c(=O)[nH]c1=O. The van der Waals surface area contributed by atoms with E-state index in [0.717, 1.165) is 0 Å². The van der Waals surface area contributed by atoms with Crippen molar-refractivity contribution >= 4 is 11.8 Å². The largest absolute Gasteiger partial charge is 0.395 e. The Morgan fingerprint density at radius 3 is 2.79 bits per heavy atom. The van der Waals surface area contributed by atoms with Gasteiger partial charge in [0.1, 0.15) is 0 Å². The van der Waals surface area contributed by atoms with Crippen molar-refractivity contribution in [3.8, 4) is 0 Å². The van der Waals surface area contributed by atoms with Crippen LogP contribution >= 0.6 is 11.8 Å². The lowest BCUT2D eigenvalue weighted by Gasteiger charge is -2.14. The minimum atomic E-state index is -0.986. The number of aliphatic hydroxyl groups is 3. The maximum absolute atomic E-state index is 11.8. The molecular formula is C11H16N2O5S. The van der Waals surface area contributed by atoms with Crippen LogP contribution in [0.2, 0.25) is 0 Å². The second-order valence-corrected chi connectivity index (χ2v) is 5.96. The van der Waals surface area contributed by atoms with Crippen LogP contribution in [0.25, 0.3) is 0 Å². The molecule has 4 N–H and O–H groups in total. The molecule has 1 aliphatic rings. The molecule has 2 rings (SSSR count). The smallest absolute Gasteiger partial charge is 0.329 e. The van der Waals surface area contributed by atoms with Crippen molar-refractivity contribution in [2.45, 2.75) is 36.2 Å². The summed E-state index contributed by atoms with van der Waals surface area (Å²) in [5, 5.41) is 27.6. The van der Waals surface area contributed by atoms with Gasteiger partial charge in [-0.3, -0.25) is 14.3 Å². The van der Waals surface area contributed by atoms with Gasteiger partial charge in [0.2, 0.25) is 0 Å². The number of rotatable bonds is 3. The molecule has 0 saturated carbocycles. The molecule has 8 heteroatoms. The summed E-state index contributed by atoms with van der Waals surface area (Å²) >= 11 is 1.27. The van der Waals surface area contributed by atoms with Crippen molar-refractivity contribution in [3.63, 3.8) is 0 Å². The maximum atomic E-state index is 11.8. The Balaban J connectivity index is 2.38. The fourth-order valence-electron chi connectivity index (χ4n) is 2.06. The molecule has 0 amide bonds. The van der Waals surface area contributed by atoms with Crippen LogP contribution in [0.3, 0.4) is 0 Å². The first-order chi connectivity index (χ1) is 8.93. The van der Waals surface area contributed by atoms with E-state index in [2.05, 4.69) is 4.98 Å². The van der Waals surface area contributed by atoms with Crippen molar-refractivity contribution in [2.24, 2.45) is 0 Å². The van der Waals surface area contributed by atoms with E-state index in [1.165, 1.54) is 29.4 Å². The number of hydrogen-bond donors (Lipinski definition) is 4. The Bertz CT molecular complexity index is 567. The first-order valence-corrected chi connectivity index (χ1v) is 6.86. The Morgan fingerprint density at radius 1 is 1.58 bits per heavy atom. The number of nitrogens with one attached hydrogen (secondary N) is 1. The highest BCUT2D eigenvalue weighted by Crippen LogP contribution is 2.40. The van der Waals surface area contributed by atoms with Crippen LogP contribution < -0.4 is 11.2 Å². The average Bonchev–Trinajstić information content (AvgIpc) is 2.69. The zero-order chi connectivity index (χ0) is 14.2. The highest BCUT2D eigenvalue weighted by molar-refractivity contribution is 8.00. The molecule has 7 nitrogen and oxygen atoms in total. The van der Waals surface area contributed by atoms with E-state index in [1.54, 1.807) is 0 Å². The summed E-state index contributed by atoms with van der Waals surface area (Å²) in [5.41, 5.74) is -1.10. The second kappa shape index (κ2) is 5.49. The van der Waals surface area contributed by atoms with Gasteiger partial charge in [0.05, 0.1) is 35.0 Å². The first kappa shape index (κ1) is 14.3. The molecule has 1 saturated heterocycles. The van der Waals surface area contributed by atoms with E-state index >= 15 is 0 Å². The van der Waals surface area contributed by atoms with E-state index in [4.69, 9.17) is 5.11 Å². The molecule has 0 aliphatic carbocycles. The fraction of sp³-hybridized carbons (Fsp3) is 0.636. The summed E-state index contributed by atoms with van der Waals surface area (Å²) < 4.78 is 1.28. The highest BCUT2D eigenvalue weighted by atomic mass is 32.2. The molecule has 1 fully saturated rings. The molecule has 19 heavy (non-hydrogen) atoms. The quantitative estimate of drug-likeness (QED) is 0.564. The number of hydrogen-bond acceptors (Lipinski definition) is 6. The summed E-state index contributed by atoms with van der Waals surface area (Å²) in [6.07, 6.45) is -0.0637. The third-order valence-corrected chi connectivity index (χ3v) is 4.69. The monoisotopic (exact) mass is 288 g/mol. The van der Waals surface area contributed by atoms with Crippen molar-refractivity contribution in [1.82, 2.24) is 9.55 Å². The van der Waals surface area contributed by atoms with Gasteiger partial charge in [-0.1, -0.05) is 0 Å². The van der Waals surface area contributed by atoms with Crippen LogP contribution in [-0.2, 0) is 0 Å². The van der Waals surface area contributed by atoms with Gasteiger partial charge in [-0.2, -0.15) is 0 Å². The van der Waals surface area contributed by atoms with Gasteiger partial charge in [0.15, 0.2) is 0 Å². The molecule has 0 spiro atoms. The van der Waals surface area contributed by atoms with Gasteiger partial charge < -0.3 is 15.3 Å². The number of aromatic amines is 1. The third-order valence-electron chi connectivity index (χ3n) is 3.14. The number of nitrogens with zero attached hydrogens (tertiary/aromatic N) is 1. The minimum absolute atomic E-state index is 0.0992. The van der Waals surface area contributed by atoms with Gasteiger partial charge in [-0.05, 0) is 6.92 Å². The zero-order valence-electron chi connectivity index (χ0n) is 10.3. The Morgan fingerprint density at radius 2 is 2.26 bits per heavy atom. The molecule has 1 aliphatic heterocycles. The number of aromatic nitrogens is 2. The fourth-order valence-corrected chi connectivity index (χ4v) is 3.44. The Kier molecular flexibility index (Phi) is 4.14. The van der Waals surface area contributed by atoms with E-state index in [1.807, 2.05) is 0 Å². The lowest BCUT2D eigenvalue weighted by atomic mass is 10.2. The number of H-pyrrole nitrogens is 1. The molecule has 0 bridgehead atoms. The molecule has 1 aromatic heterocycles. The molecule has 0 radical (unpaired) electrons.